The molecule has 96 valence electrons. The number of halogens is 1. The smallest absolute Gasteiger partial charge is 0.257 e. The zero-order valence-electron chi connectivity index (χ0n) is 10.2. The monoisotopic (exact) mass is 327 g/mol. The van der Waals surface area contributed by atoms with E-state index >= 15 is 0 Å². The minimum Gasteiger partial charge on any atom is -0.334 e. The molecular formula is C12H14BrN3OS. The summed E-state index contributed by atoms with van der Waals surface area (Å²) in [5, 5.41) is 6.69. The molecule has 0 saturated carbocycles. The minimum absolute atomic E-state index is 0.0215. The predicted molar refractivity (Wildman–Crippen MR) is 75.8 cm³/mol. The molecule has 2 aromatic heterocycles. The molecule has 0 aliphatic heterocycles. The van der Waals surface area contributed by atoms with Gasteiger partial charge in [-0.15, -0.1) is 11.3 Å². The number of rotatable bonds is 4. The Morgan fingerprint density at radius 1 is 1.56 bits per heavy atom. The van der Waals surface area contributed by atoms with Gasteiger partial charge >= 0.3 is 0 Å². The SMILES string of the molecule is CCN(Cc1ccc(Br)s1)C(=O)c1cn[nH]c1C. The molecule has 18 heavy (non-hydrogen) atoms. The van der Waals surface area contributed by atoms with Gasteiger partial charge in [0.25, 0.3) is 5.91 Å². The Kier molecular flexibility index (Phi) is 4.19. The van der Waals surface area contributed by atoms with Crippen LogP contribution < -0.4 is 0 Å². The molecule has 2 rings (SSSR count). The van der Waals surface area contributed by atoms with E-state index in [-0.39, 0.29) is 5.91 Å². The number of aryl methyl sites for hydroxylation is 1. The molecule has 0 aliphatic rings. The molecule has 0 radical (unpaired) electrons. The number of carbonyl (C=O) groups excluding carboxylic acids is 1. The van der Waals surface area contributed by atoms with Crippen LogP contribution in [0.4, 0.5) is 0 Å². The first-order chi connectivity index (χ1) is 8.61. The van der Waals surface area contributed by atoms with Gasteiger partial charge in [0.15, 0.2) is 0 Å². The summed E-state index contributed by atoms with van der Waals surface area (Å²) in [5.41, 5.74) is 1.46. The Balaban J connectivity index is 2.14. The number of thiophene rings is 1. The quantitative estimate of drug-likeness (QED) is 0.937. The van der Waals surface area contributed by atoms with E-state index in [2.05, 4.69) is 26.1 Å². The van der Waals surface area contributed by atoms with Crippen LogP contribution in [0.15, 0.2) is 22.1 Å². The van der Waals surface area contributed by atoms with E-state index < -0.39 is 0 Å². The number of aromatic nitrogens is 2. The predicted octanol–water partition coefficient (Wildman–Crippen LogP) is 3.20. The van der Waals surface area contributed by atoms with Crippen molar-refractivity contribution in [3.05, 3.63) is 38.3 Å². The van der Waals surface area contributed by atoms with Crippen molar-refractivity contribution in [2.75, 3.05) is 6.54 Å². The molecule has 0 bridgehead atoms. The van der Waals surface area contributed by atoms with Gasteiger partial charge in [-0.3, -0.25) is 9.89 Å². The molecule has 0 fully saturated rings. The van der Waals surface area contributed by atoms with Crippen molar-refractivity contribution in [2.24, 2.45) is 0 Å². The van der Waals surface area contributed by atoms with Gasteiger partial charge in [0.1, 0.15) is 0 Å². The van der Waals surface area contributed by atoms with Gasteiger partial charge in [-0.25, -0.2) is 0 Å². The van der Waals surface area contributed by atoms with Crippen LogP contribution in [0.1, 0.15) is 27.9 Å². The van der Waals surface area contributed by atoms with Crippen LogP contribution in [-0.4, -0.2) is 27.5 Å². The summed E-state index contributed by atoms with van der Waals surface area (Å²) >= 11 is 5.08. The first kappa shape index (κ1) is 13.3. The zero-order chi connectivity index (χ0) is 13.1. The Hall–Kier alpha value is -1.14. The fourth-order valence-electron chi connectivity index (χ4n) is 1.69. The molecule has 0 aromatic carbocycles. The maximum Gasteiger partial charge on any atom is 0.257 e. The lowest BCUT2D eigenvalue weighted by Crippen LogP contribution is -2.30. The van der Waals surface area contributed by atoms with Gasteiger partial charge in [0, 0.05) is 17.1 Å². The van der Waals surface area contributed by atoms with Gasteiger partial charge < -0.3 is 4.90 Å². The van der Waals surface area contributed by atoms with Gasteiger partial charge in [0.2, 0.25) is 0 Å². The Morgan fingerprint density at radius 2 is 2.33 bits per heavy atom. The van der Waals surface area contributed by atoms with Crippen LogP contribution in [0.3, 0.4) is 0 Å². The Labute approximate surface area is 118 Å². The normalized spacial score (nSPS) is 10.6. The van der Waals surface area contributed by atoms with Crippen molar-refractivity contribution in [3.63, 3.8) is 0 Å². The molecule has 0 saturated heterocycles. The van der Waals surface area contributed by atoms with Gasteiger partial charge in [0.05, 0.1) is 22.1 Å². The lowest BCUT2D eigenvalue weighted by Gasteiger charge is -2.19. The Morgan fingerprint density at radius 3 is 2.83 bits per heavy atom. The highest BCUT2D eigenvalue weighted by Gasteiger charge is 2.18. The molecule has 2 aromatic rings. The van der Waals surface area contributed by atoms with Crippen LogP contribution in [0.2, 0.25) is 0 Å². The second-order valence-corrected chi connectivity index (χ2v) is 6.48. The lowest BCUT2D eigenvalue weighted by atomic mass is 10.2. The zero-order valence-corrected chi connectivity index (χ0v) is 12.6. The number of carbonyl (C=O) groups is 1. The van der Waals surface area contributed by atoms with Crippen LogP contribution in [0, 0.1) is 6.92 Å². The van der Waals surface area contributed by atoms with E-state index in [4.69, 9.17) is 0 Å². The molecule has 6 heteroatoms. The summed E-state index contributed by atoms with van der Waals surface area (Å²) in [6, 6.07) is 4.04. The Bertz CT molecular complexity index is 549. The van der Waals surface area contributed by atoms with E-state index in [9.17, 15) is 4.79 Å². The van der Waals surface area contributed by atoms with Crippen molar-refractivity contribution in [2.45, 2.75) is 20.4 Å². The lowest BCUT2D eigenvalue weighted by molar-refractivity contribution is 0.0753. The highest BCUT2D eigenvalue weighted by atomic mass is 79.9. The summed E-state index contributed by atoms with van der Waals surface area (Å²) in [7, 11) is 0. The molecule has 4 nitrogen and oxygen atoms in total. The largest absolute Gasteiger partial charge is 0.334 e. The molecule has 0 spiro atoms. The number of aromatic amines is 1. The van der Waals surface area contributed by atoms with Crippen molar-refractivity contribution in [1.29, 1.82) is 0 Å². The van der Waals surface area contributed by atoms with E-state index in [0.29, 0.717) is 18.7 Å². The third-order valence-electron chi connectivity index (χ3n) is 2.70. The van der Waals surface area contributed by atoms with E-state index in [0.717, 1.165) is 9.48 Å². The van der Waals surface area contributed by atoms with E-state index in [1.807, 2.05) is 30.9 Å². The highest BCUT2D eigenvalue weighted by molar-refractivity contribution is 9.11. The maximum atomic E-state index is 12.3. The first-order valence-corrected chi connectivity index (χ1v) is 7.26. The van der Waals surface area contributed by atoms with Crippen molar-refractivity contribution < 1.29 is 4.79 Å². The molecule has 1 N–H and O–H groups in total. The number of hydrogen-bond acceptors (Lipinski definition) is 3. The molecule has 0 aliphatic carbocycles. The average molecular weight is 328 g/mol. The summed E-state index contributed by atoms with van der Waals surface area (Å²) in [4.78, 5) is 15.3. The maximum absolute atomic E-state index is 12.3. The van der Waals surface area contributed by atoms with Crippen molar-refractivity contribution in [3.8, 4) is 0 Å². The summed E-state index contributed by atoms with van der Waals surface area (Å²) in [6.07, 6.45) is 1.59. The number of amides is 1. The fourth-order valence-corrected chi connectivity index (χ4v) is 3.19. The third-order valence-corrected chi connectivity index (χ3v) is 4.31. The van der Waals surface area contributed by atoms with Gasteiger partial charge in [-0.05, 0) is 41.9 Å². The number of hydrogen-bond donors (Lipinski definition) is 1. The van der Waals surface area contributed by atoms with E-state index in [1.54, 1.807) is 17.5 Å². The molecule has 0 atom stereocenters. The minimum atomic E-state index is 0.0215. The van der Waals surface area contributed by atoms with E-state index in [1.165, 1.54) is 4.88 Å². The van der Waals surface area contributed by atoms with Gasteiger partial charge in [-0.2, -0.15) is 5.10 Å². The van der Waals surface area contributed by atoms with Crippen LogP contribution >= 0.6 is 27.3 Å². The standard InChI is InChI=1S/C12H14BrN3OS/c1-3-16(7-9-4-5-11(13)18-9)12(17)10-6-14-15-8(10)2/h4-6H,3,7H2,1-2H3,(H,14,15). The number of nitrogens with one attached hydrogen (secondary N) is 1. The average Bonchev–Trinajstić information content (AvgIpc) is 2.94. The first-order valence-electron chi connectivity index (χ1n) is 5.65. The molecule has 0 unspecified atom stereocenters. The van der Waals surface area contributed by atoms with Crippen LogP contribution in [0.25, 0.3) is 0 Å². The van der Waals surface area contributed by atoms with Crippen LogP contribution in [0.5, 0.6) is 0 Å². The molecule has 1 amide bonds. The van der Waals surface area contributed by atoms with Crippen molar-refractivity contribution >= 4 is 33.2 Å². The van der Waals surface area contributed by atoms with Crippen LogP contribution in [-0.2, 0) is 6.54 Å². The fraction of sp³-hybridized carbons (Fsp3) is 0.333. The van der Waals surface area contributed by atoms with Gasteiger partial charge in [-0.1, -0.05) is 0 Å². The second-order valence-electron chi connectivity index (χ2n) is 3.93. The summed E-state index contributed by atoms with van der Waals surface area (Å²) in [5.74, 6) is 0.0215. The highest BCUT2D eigenvalue weighted by Crippen LogP contribution is 2.23. The summed E-state index contributed by atoms with van der Waals surface area (Å²) in [6.45, 7) is 5.15. The number of nitrogens with zero attached hydrogens (tertiary/aromatic N) is 2. The molecular weight excluding hydrogens is 314 g/mol. The number of H-pyrrole nitrogens is 1. The summed E-state index contributed by atoms with van der Waals surface area (Å²) < 4.78 is 1.08. The molecule has 2 heterocycles. The second kappa shape index (κ2) is 5.67. The third kappa shape index (κ3) is 2.81. The topological polar surface area (TPSA) is 49.0 Å². The van der Waals surface area contributed by atoms with Crippen molar-refractivity contribution in [1.82, 2.24) is 15.1 Å².